The van der Waals surface area contributed by atoms with E-state index in [1.165, 1.54) is 16.8 Å². The summed E-state index contributed by atoms with van der Waals surface area (Å²) in [5.74, 6) is -2.63. The summed E-state index contributed by atoms with van der Waals surface area (Å²) >= 11 is 0.340. The van der Waals surface area contributed by atoms with Gasteiger partial charge in [-0.2, -0.15) is 13.5 Å². The monoisotopic (exact) mass is 389 g/mol. The van der Waals surface area contributed by atoms with E-state index in [2.05, 4.69) is 20.8 Å². The number of amides is 1. The van der Waals surface area contributed by atoms with Gasteiger partial charge in [-0.25, -0.2) is 0 Å². The van der Waals surface area contributed by atoms with Gasteiger partial charge in [-0.3, -0.25) is 4.79 Å². The van der Waals surface area contributed by atoms with Crippen molar-refractivity contribution >= 4 is 17.7 Å². The number of halogens is 2. The van der Waals surface area contributed by atoms with Crippen LogP contribution in [0.5, 0.6) is 0 Å². The number of rotatable bonds is 6. The Labute approximate surface area is 159 Å². The Hall–Kier alpha value is -2.81. The first-order valence-electron chi connectivity index (χ1n) is 8.12. The second kappa shape index (κ2) is 8.26. The minimum Gasteiger partial charge on any atom is -0.345 e. The number of carbonyl (C=O) groups excluding carboxylic acids is 1. The summed E-state index contributed by atoms with van der Waals surface area (Å²) in [7, 11) is 0. The third-order valence-electron chi connectivity index (χ3n) is 4.02. The summed E-state index contributed by atoms with van der Waals surface area (Å²) in [6.45, 7) is 4.06. The maximum Gasteiger partial charge on any atom is 0.288 e. The predicted molar refractivity (Wildman–Crippen MR) is 98.1 cm³/mol. The molecule has 0 spiro atoms. The number of alkyl halides is 2. The van der Waals surface area contributed by atoms with Gasteiger partial charge in [-0.1, -0.05) is 30.0 Å². The van der Waals surface area contributed by atoms with Gasteiger partial charge < -0.3 is 5.32 Å². The van der Waals surface area contributed by atoms with Gasteiger partial charge in [0.05, 0.1) is 17.8 Å². The summed E-state index contributed by atoms with van der Waals surface area (Å²) in [4.78, 5) is 12.7. The lowest BCUT2D eigenvalue weighted by Gasteiger charge is -2.10. The quantitative estimate of drug-likeness (QED) is 0.653. The first kappa shape index (κ1) is 19.0. The smallest absolute Gasteiger partial charge is 0.288 e. The van der Waals surface area contributed by atoms with Crippen molar-refractivity contribution in [2.45, 2.75) is 31.0 Å². The molecule has 0 aliphatic heterocycles. The van der Waals surface area contributed by atoms with Crippen molar-refractivity contribution < 1.29 is 13.6 Å². The Bertz CT molecular complexity index is 960. The van der Waals surface area contributed by atoms with Crippen LogP contribution in [0.2, 0.25) is 0 Å². The summed E-state index contributed by atoms with van der Waals surface area (Å²) in [5, 5.41) is 14.3. The van der Waals surface area contributed by atoms with E-state index < -0.39 is 11.7 Å². The summed E-state index contributed by atoms with van der Waals surface area (Å²) in [6, 6.07) is 12.0. The molecule has 0 bridgehead atoms. The highest BCUT2D eigenvalue weighted by Gasteiger charge is 2.16. The molecular weight excluding hydrogens is 372 g/mol. The third kappa shape index (κ3) is 4.48. The largest absolute Gasteiger partial charge is 0.345 e. The Morgan fingerprint density at radius 3 is 2.70 bits per heavy atom. The van der Waals surface area contributed by atoms with Crippen LogP contribution in [0.25, 0.3) is 5.69 Å². The topological polar surface area (TPSA) is 72.7 Å². The Kier molecular flexibility index (Phi) is 5.80. The van der Waals surface area contributed by atoms with Crippen molar-refractivity contribution in [3.8, 4) is 5.69 Å². The van der Waals surface area contributed by atoms with Crippen LogP contribution in [0, 0.1) is 13.8 Å². The number of aryl methyl sites for hydroxylation is 2. The highest BCUT2D eigenvalue weighted by Crippen LogP contribution is 2.28. The molecule has 0 fully saturated rings. The number of tetrazole rings is 1. The molecule has 1 N–H and O–H groups in total. The van der Waals surface area contributed by atoms with E-state index in [4.69, 9.17) is 0 Å². The standard InChI is InChI=1S/C18H17F2N5OS/c1-11-7-8-13(9-12(11)2)25-16(22-23-24-25)10-21-17(26)14-5-3-4-6-15(14)27-18(19)20/h3-9,18H,10H2,1-2H3,(H,21,26). The van der Waals surface area contributed by atoms with E-state index >= 15 is 0 Å². The molecule has 140 valence electrons. The van der Waals surface area contributed by atoms with Crippen molar-refractivity contribution in [3.05, 3.63) is 65.0 Å². The van der Waals surface area contributed by atoms with Crippen molar-refractivity contribution in [1.82, 2.24) is 25.5 Å². The number of aromatic nitrogens is 4. The Balaban J connectivity index is 1.76. The molecule has 0 saturated heterocycles. The third-order valence-corrected chi connectivity index (χ3v) is 4.81. The second-order valence-corrected chi connectivity index (χ2v) is 6.86. The zero-order valence-corrected chi connectivity index (χ0v) is 15.5. The van der Waals surface area contributed by atoms with Gasteiger partial charge in [0.15, 0.2) is 5.82 Å². The normalized spacial score (nSPS) is 11.0. The lowest BCUT2D eigenvalue weighted by molar-refractivity contribution is 0.0946. The van der Waals surface area contributed by atoms with E-state index in [-0.39, 0.29) is 17.0 Å². The predicted octanol–water partition coefficient (Wildman–Crippen LogP) is 3.52. The average Bonchev–Trinajstić information content (AvgIpc) is 3.10. The number of hydrogen-bond acceptors (Lipinski definition) is 5. The van der Waals surface area contributed by atoms with Crippen LogP contribution in [-0.4, -0.2) is 31.9 Å². The number of nitrogens with one attached hydrogen (secondary N) is 1. The average molecular weight is 389 g/mol. The first-order chi connectivity index (χ1) is 13.0. The molecule has 6 nitrogen and oxygen atoms in total. The van der Waals surface area contributed by atoms with Crippen LogP contribution in [0.4, 0.5) is 8.78 Å². The molecule has 0 unspecified atom stereocenters. The molecule has 3 aromatic rings. The molecule has 0 radical (unpaired) electrons. The maximum absolute atomic E-state index is 12.7. The van der Waals surface area contributed by atoms with Crippen LogP contribution in [0.3, 0.4) is 0 Å². The number of thioether (sulfide) groups is 1. The van der Waals surface area contributed by atoms with Gasteiger partial charge in [0, 0.05) is 4.90 Å². The zero-order valence-electron chi connectivity index (χ0n) is 14.7. The fourth-order valence-corrected chi connectivity index (χ4v) is 3.12. The Morgan fingerprint density at radius 2 is 1.96 bits per heavy atom. The van der Waals surface area contributed by atoms with Gasteiger partial charge in [0.2, 0.25) is 0 Å². The highest BCUT2D eigenvalue weighted by molar-refractivity contribution is 7.99. The van der Waals surface area contributed by atoms with E-state index in [0.717, 1.165) is 16.8 Å². The van der Waals surface area contributed by atoms with Gasteiger partial charge in [0.1, 0.15) is 0 Å². The molecule has 0 atom stereocenters. The Morgan fingerprint density at radius 1 is 1.19 bits per heavy atom. The lowest BCUT2D eigenvalue weighted by Crippen LogP contribution is -2.25. The van der Waals surface area contributed by atoms with Gasteiger partial charge >= 0.3 is 0 Å². The molecule has 1 amide bonds. The highest BCUT2D eigenvalue weighted by atomic mass is 32.2. The van der Waals surface area contributed by atoms with Crippen LogP contribution in [0.1, 0.15) is 27.3 Å². The molecule has 0 aliphatic rings. The summed E-state index contributed by atoms with van der Waals surface area (Å²) in [6.07, 6.45) is 0. The van der Waals surface area contributed by atoms with E-state index in [9.17, 15) is 13.6 Å². The van der Waals surface area contributed by atoms with Gasteiger partial charge in [-0.15, -0.1) is 5.10 Å². The molecule has 1 heterocycles. The fourth-order valence-electron chi connectivity index (χ4n) is 2.48. The molecule has 0 saturated carbocycles. The van der Waals surface area contributed by atoms with Crippen molar-refractivity contribution in [3.63, 3.8) is 0 Å². The van der Waals surface area contributed by atoms with Crippen LogP contribution in [-0.2, 0) is 6.54 Å². The lowest BCUT2D eigenvalue weighted by atomic mass is 10.1. The molecule has 27 heavy (non-hydrogen) atoms. The van der Waals surface area contributed by atoms with Crippen molar-refractivity contribution in [2.24, 2.45) is 0 Å². The molecule has 3 rings (SSSR count). The molecule has 1 aromatic heterocycles. The minimum atomic E-state index is -2.60. The van der Waals surface area contributed by atoms with Crippen LogP contribution in [0.15, 0.2) is 47.4 Å². The number of nitrogens with zero attached hydrogens (tertiary/aromatic N) is 4. The minimum absolute atomic E-state index is 0.0619. The molecular formula is C18H17F2N5OS. The number of hydrogen-bond donors (Lipinski definition) is 1. The number of carbonyl (C=O) groups is 1. The van der Waals surface area contributed by atoms with Crippen LogP contribution >= 0.6 is 11.8 Å². The van der Waals surface area contributed by atoms with E-state index in [1.54, 1.807) is 12.1 Å². The van der Waals surface area contributed by atoms with Crippen molar-refractivity contribution in [1.29, 1.82) is 0 Å². The second-order valence-electron chi connectivity index (χ2n) is 5.83. The van der Waals surface area contributed by atoms with Crippen molar-refractivity contribution in [2.75, 3.05) is 0 Å². The molecule has 0 aliphatic carbocycles. The summed E-state index contributed by atoms with van der Waals surface area (Å²) < 4.78 is 26.9. The van der Waals surface area contributed by atoms with E-state index in [1.807, 2.05) is 32.0 Å². The first-order valence-corrected chi connectivity index (χ1v) is 9.00. The van der Waals surface area contributed by atoms with Gasteiger partial charge in [0.25, 0.3) is 11.7 Å². The molecule has 9 heteroatoms. The summed E-state index contributed by atoms with van der Waals surface area (Å²) in [5.41, 5.74) is 3.21. The van der Waals surface area contributed by atoms with Gasteiger partial charge in [-0.05, 0) is 59.7 Å². The number of benzene rings is 2. The maximum atomic E-state index is 12.7. The van der Waals surface area contributed by atoms with Crippen LogP contribution < -0.4 is 5.32 Å². The SMILES string of the molecule is Cc1ccc(-n2nnnc2CNC(=O)c2ccccc2SC(F)F)cc1C. The molecule has 2 aromatic carbocycles. The van der Waals surface area contributed by atoms with E-state index in [0.29, 0.717) is 17.6 Å². The fraction of sp³-hybridized carbons (Fsp3) is 0.222. The zero-order chi connectivity index (χ0) is 19.4.